The molecule has 0 saturated heterocycles. The number of ketones is 2. The molecule has 2 fully saturated rings. The summed E-state index contributed by atoms with van der Waals surface area (Å²) < 4.78 is 0.656. The minimum atomic E-state index is -0.690. The van der Waals surface area contributed by atoms with Gasteiger partial charge in [-0.1, -0.05) is 83.5 Å². The number of halogens is 5. The molecular formula is C45H38BrCl4N5O4. The molecule has 0 unspecified atom stereocenters. The highest BCUT2D eigenvalue weighted by molar-refractivity contribution is 9.10. The van der Waals surface area contributed by atoms with Crippen LogP contribution in [0.15, 0.2) is 99.4 Å². The summed E-state index contributed by atoms with van der Waals surface area (Å²) in [4.78, 5) is 65.7. The van der Waals surface area contributed by atoms with Crippen LogP contribution in [0.1, 0.15) is 102 Å². The Kier molecular flexibility index (Phi) is 13.1. The summed E-state index contributed by atoms with van der Waals surface area (Å²) in [6, 6.07) is 25.7. The van der Waals surface area contributed by atoms with Gasteiger partial charge in [0.15, 0.2) is 11.6 Å². The predicted octanol–water partition coefficient (Wildman–Crippen LogP) is 11.0. The molecule has 2 heterocycles. The zero-order valence-corrected chi connectivity index (χ0v) is 36.4. The normalized spacial score (nSPS) is 18.0. The first-order valence-electron chi connectivity index (χ1n) is 19.4. The average Bonchev–Trinajstić information content (AvgIpc) is 3.64. The van der Waals surface area contributed by atoms with Crippen LogP contribution in [-0.2, 0) is 9.59 Å². The van der Waals surface area contributed by atoms with E-state index < -0.39 is 11.3 Å². The van der Waals surface area contributed by atoms with Crippen molar-refractivity contribution in [2.45, 2.75) is 75.5 Å². The Bertz CT molecular complexity index is 2420. The first-order chi connectivity index (χ1) is 28.3. The van der Waals surface area contributed by atoms with Crippen molar-refractivity contribution in [1.82, 2.24) is 9.80 Å². The first kappa shape index (κ1) is 42.7. The van der Waals surface area contributed by atoms with Gasteiger partial charge >= 0.3 is 0 Å². The molecule has 59 heavy (non-hydrogen) atoms. The molecule has 8 rings (SSSR count). The molecule has 0 bridgehead atoms. The molecule has 14 heteroatoms. The number of amides is 2. The van der Waals surface area contributed by atoms with Crippen molar-refractivity contribution in [2.24, 2.45) is 9.98 Å². The van der Waals surface area contributed by atoms with E-state index in [1.165, 1.54) is 12.1 Å². The second-order valence-corrected chi connectivity index (χ2v) is 17.6. The highest BCUT2D eigenvalue weighted by atomic mass is 79.9. The molecule has 4 aromatic carbocycles. The van der Waals surface area contributed by atoms with Gasteiger partial charge < -0.3 is 9.80 Å². The number of Topliss-reactive ketones (excluding diaryl/α,β-unsaturated/α-hetero) is 2. The third-order valence-electron chi connectivity index (χ3n) is 11.3. The highest BCUT2D eigenvalue weighted by Gasteiger charge is 2.49. The van der Waals surface area contributed by atoms with E-state index in [1.54, 1.807) is 82.6 Å². The third kappa shape index (κ3) is 9.06. The van der Waals surface area contributed by atoms with E-state index in [9.17, 15) is 24.4 Å². The number of nitriles is 1. The Morgan fingerprint density at radius 1 is 0.610 bits per heavy atom. The molecule has 2 aliphatic heterocycles. The van der Waals surface area contributed by atoms with Gasteiger partial charge in [0.25, 0.3) is 11.8 Å². The van der Waals surface area contributed by atoms with E-state index >= 15 is 0 Å². The van der Waals surface area contributed by atoms with Crippen LogP contribution in [0.3, 0.4) is 0 Å². The van der Waals surface area contributed by atoms with E-state index in [4.69, 9.17) is 56.4 Å². The summed E-state index contributed by atoms with van der Waals surface area (Å²) >= 11 is 27.4. The standard InChI is InChI=1S/C23H19Cl2N3O2.C22H19BrCl2N2O2/c24-18-7-4-15(5-8-18)21-22(30)28(23(27-21)10-2-1-3-11-23)14-20(29)16-6-9-19(25)17(12-16)13-26;23-17-12-15(6-9-18(17)25)19(28)13-27-21(29)20(14-4-7-16(24)8-5-14)26-22(27)10-2-1-3-11-22/h4-9,12H,1-3,10-11,14H2;4-9,12H,1-3,10-11,13H2. The van der Waals surface area contributed by atoms with Crippen molar-refractivity contribution in [3.63, 3.8) is 0 Å². The zero-order valence-electron chi connectivity index (χ0n) is 31.8. The Balaban J connectivity index is 0.000000179. The van der Waals surface area contributed by atoms with Crippen molar-refractivity contribution < 1.29 is 19.2 Å². The molecule has 302 valence electrons. The van der Waals surface area contributed by atoms with Crippen molar-refractivity contribution in [1.29, 1.82) is 5.26 Å². The van der Waals surface area contributed by atoms with Gasteiger partial charge in [0.1, 0.15) is 28.8 Å². The van der Waals surface area contributed by atoms with Crippen LogP contribution < -0.4 is 0 Å². The summed E-state index contributed by atoms with van der Waals surface area (Å²) in [5.74, 6) is -0.820. The third-order valence-corrected chi connectivity index (χ3v) is 13.4. The highest BCUT2D eigenvalue weighted by Crippen LogP contribution is 2.41. The lowest BCUT2D eigenvalue weighted by atomic mass is 9.88. The zero-order chi connectivity index (χ0) is 41.9. The van der Waals surface area contributed by atoms with E-state index in [2.05, 4.69) is 15.9 Å². The molecule has 0 radical (unpaired) electrons. The number of nitrogens with zero attached hydrogens (tertiary/aromatic N) is 5. The van der Waals surface area contributed by atoms with Gasteiger partial charge in [-0.05, 0) is 128 Å². The van der Waals surface area contributed by atoms with Crippen LogP contribution in [-0.4, -0.2) is 69.0 Å². The average molecular weight is 935 g/mol. The predicted molar refractivity (Wildman–Crippen MR) is 235 cm³/mol. The number of carbonyl (C=O) groups is 4. The maximum Gasteiger partial charge on any atom is 0.275 e. The lowest BCUT2D eigenvalue weighted by molar-refractivity contribution is -0.128. The smallest absolute Gasteiger partial charge is 0.275 e. The van der Waals surface area contributed by atoms with Gasteiger partial charge in [0.2, 0.25) is 0 Å². The minimum Gasteiger partial charge on any atom is -0.305 e. The molecular weight excluding hydrogens is 896 g/mol. The van der Waals surface area contributed by atoms with Crippen LogP contribution in [0.2, 0.25) is 20.1 Å². The van der Waals surface area contributed by atoms with Crippen LogP contribution >= 0.6 is 62.3 Å². The Morgan fingerprint density at radius 2 is 1.02 bits per heavy atom. The van der Waals surface area contributed by atoms with Crippen molar-refractivity contribution >= 4 is 97.1 Å². The Morgan fingerprint density at radius 3 is 1.42 bits per heavy atom. The summed E-state index contributed by atoms with van der Waals surface area (Å²) in [6.07, 6.45) is 9.09. The largest absolute Gasteiger partial charge is 0.305 e. The van der Waals surface area contributed by atoms with Crippen LogP contribution in [0.25, 0.3) is 0 Å². The molecule has 4 aliphatic rings. The summed E-state index contributed by atoms with van der Waals surface area (Å²) in [6.45, 7) is -0.0978. The van der Waals surface area contributed by atoms with Gasteiger partial charge in [-0.25, -0.2) is 0 Å². The van der Waals surface area contributed by atoms with Gasteiger partial charge in [-0.15, -0.1) is 0 Å². The Labute approximate surface area is 371 Å². The van der Waals surface area contributed by atoms with E-state index in [-0.39, 0.29) is 42.0 Å². The molecule has 0 N–H and O–H groups in total. The first-order valence-corrected chi connectivity index (χ1v) is 21.7. The number of carbonyl (C=O) groups excluding carboxylic acids is 4. The van der Waals surface area contributed by atoms with Crippen molar-refractivity contribution in [3.8, 4) is 6.07 Å². The van der Waals surface area contributed by atoms with Crippen LogP contribution in [0.5, 0.6) is 0 Å². The number of aliphatic imine (C=N–C) groups is 2. The fourth-order valence-electron chi connectivity index (χ4n) is 8.22. The summed E-state index contributed by atoms with van der Waals surface area (Å²) in [7, 11) is 0. The molecule has 0 atom stereocenters. The monoisotopic (exact) mass is 931 g/mol. The van der Waals surface area contributed by atoms with E-state index in [1.807, 2.05) is 6.07 Å². The number of rotatable bonds is 8. The van der Waals surface area contributed by atoms with Crippen molar-refractivity contribution in [2.75, 3.05) is 13.1 Å². The van der Waals surface area contributed by atoms with Gasteiger partial charge in [0.05, 0.1) is 28.7 Å². The van der Waals surface area contributed by atoms with Crippen molar-refractivity contribution in [3.05, 3.63) is 137 Å². The molecule has 9 nitrogen and oxygen atoms in total. The van der Waals surface area contributed by atoms with Crippen LogP contribution in [0.4, 0.5) is 0 Å². The molecule has 4 aromatic rings. The fraction of sp³-hybridized carbons (Fsp3) is 0.311. The SMILES string of the molecule is N#Cc1cc(C(=O)CN2C(=O)C(c3ccc(Cl)cc3)=NC23CCCCC3)ccc1Cl.O=C(CN1C(=O)C(c2ccc(Cl)cc2)=NC12CCCCC2)c1ccc(Cl)c(Br)c1. The number of benzene rings is 4. The number of hydrogen-bond donors (Lipinski definition) is 0. The summed E-state index contributed by atoms with van der Waals surface area (Å²) in [5, 5.41) is 11.2. The second-order valence-electron chi connectivity index (χ2n) is 15.1. The second kappa shape index (κ2) is 18.1. The quantitative estimate of drug-likeness (QED) is 0.163. The molecule has 2 saturated carbocycles. The molecule has 2 spiro atoms. The molecule has 0 aromatic heterocycles. The summed E-state index contributed by atoms with van der Waals surface area (Å²) in [5.41, 5.74) is 1.99. The Hall–Kier alpha value is -4.37. The van der Waals surface area contributed by atoms with E-state index in [0.29, 0.717) is 52.7 Å². The minimum absolute atomic E-state index is 0.00645. The molecule has 2 amide bonds. The van der Waals surface area contributed by atoms with Gasteiger partial charge in [-0.3, -0.25) is 29.2 Å². The molecule has 2 aliphatic carbocycles. The number of hydrogen-bond acceptors (Lipinski definition) is 7. The lowest BCUT2D eigenvalue weighted by Gasteiger charge is -2.38. The fourth-order valence-corrected chi connectivity index (χ4v) is 9.13. The maximum absolute atomic E-state index is 13.3. The topological polar surface area (TPSA) is 123 Å². The van der Waals surface area contributed by atoms with Gasteiger partial charge in [0, 0.05) is 36.8 Å². The maximum atomic E-state index is 13.3. The van der Waals surface area contributed by atoms with Gasteiger partial charge in [-0.2, -0.15) is 5.26 Å². The van der Waals surface area contributed by atoms with Crippen LogP contribution in [0, 0.1) is 11.3 Å². The lowest BCUT2D eigenvalue weighted by Crippen LogP contribution is -2.50. The van der Waals surface area contributed by atoms with E-state index in [0.717, 1.165) is 69.8 Å².